The predicted molar refractivity (Wildman–Crippen MR) is 69.9 cm³/mol. The smallest absolute Gasteiger partial charge is 0.138 e. The van der Waals surface area contributed by atoms with Crippen molar-refractivity contribution in [2.24, 2.45) is 0 Å². The zero-order chi connectivity index (χ0) is 11.7. The zero-order valence-electron chi connectivity index (χ0n) is 8.97. The Balaban J connectivity index is 2.03. The highest BCUT2D eigenvalue weighted by Crippen LogP contribution is 2.19. The topological polar surface area (TPSA) is 29.3 Å². The molecule has 0 saturated carbocycles. The van der Waals surface area contributed by atoms with Crippen LogP contribution in [0.1, 0.15) is 0 Å². The van der Waals surface area contributed by atoms with E-state index in [-0.39, 0.29) is 0 Å². The summed E-state index contributed by atoms with van der Waals surface area (Å²) in [6.45, 7) is 0. The zero-order valence-corrected chi connectivity index (χ0v) is 9.72. The SMILES string of the molecule is Clc1ccc2ncc(Nc3ccccc3)n2c1. The van der Waals surface area contributed by atoms with Gasteiger partial charge >= 0.3 is 0 Å². The summed E-state index contributed by atoms with van der Waals surface area (Å²) in [6.07, 6.45) is 3.63. The van der Waals surface area contributed by atoms with Gasteiger partial charge in [-0.1, -0.05) is 29.8 Å². The molecular weight excluding hydrogens is 234 g/mol. The van der Waals surface area contributed by atoms with E-state index in [2.05, 4.69) is 10.3 Å². The van der Waals surface area contributed by atoms with Crippen molar-refractivity contribution in [3.63, 3.8) is 0 Å². The van der Waals surface area contributed by atoms with Crippen LogP contribution in [0.25, 0.3) is 5.65 Å². The van der Waals surface area contributed by atoms with Gasteiger partial charge in [0, 0.05) is 11.9 Å². The van der Waals surface area contributed by atoms with Gasteiger partial charge in [0.05, 0.1) is 11.2 Å². The van der Waals surface area contributed by atoms with Crippen LogP contribution in [0.3, 0.4) is 0 Å². The van der Waals surface area contributed by atoms with Crippen molar-refractivity contribution in [3.8, 4) is 0 Å². The molecule has 2 heterocycles. The maximum Gasteiger partial charge on any atom is 0.138 e. The Morgan fingerprint density at radius 3 is 2.71 bits per heavy atom. The molecule has 0 spiro atoms. The van der Waals surface area contributed by atoms with Crippen molar-refractivity contribution in [2.45, 2.75) is 0 Å². The van der Waals surface area contributed by atoms with Gasteiger partial charge in [0.15, 0.2) is 0 Å². The van der Waals surface area contributed by atoms with E-state index in [1.807, 2.05) is 53.1 Å². The number of imidazole rings is 1. The Hall–Kier alpha value is -2.00. The molecule has 0 aliphatic rings. The van der Waals surface area contributed by atoms with Gasteiger partial charge in [-0.3, -0.25) is 4.40 Å². The van der Waals surface area contributed by atoms with Gasteiger partial charge in [0.25, 0.3) is 0 Å². The molecule has 0 aliphatic carbocycles. The number of hydrogen-bond donors (Lipinski definition) is 1. The molecule has 0 unspecified atom stereocenters. The van der Waals surface area contributed by atoms with Gasteiger partial charge < -0.3 is 5.32 Å². The average molecular weight is 244 g/mol. The minimum Gasteiger partial charge on any atom is -0.340 e. The fourth-order valence-corrected chi connectivity index (χ4v) is 1.88. The first kappa shape index (κ1) is 10.2. The van der Waals surface area contributed by atoms with Crippen LogP contribution in [0, 0.1) is 0 Å². The fourth-order valence-electron chi connectivity index (χ4n) is 1.72. The van der Waals surface area contributed by atoms with Crippen LogP contribution >= 0.6 is 11.6 Å². The van der Waals surface area contributed by atoms with Gasteiger partial charge in [0.2, 0.25) is 0 Å². The summed E-state index contributed by atoms with van der Waals surface area (Å²) in [5.41, 5.74) is 1.89. The van der Waals surface area contributed by atoms with E-state index in [0.717, 1.165) is 17.2 Å². The van der Waals surface area contributed by atoms with E-state index >= 15 is 0 Å². The number of para-hydroxylation sites is 1. The third kappa shape index (κ3) is 1.97. The third-order valence-corrected chi connectivity index (χ3v) is 2.74. The lowest BCUT2D eigenvalue weighted by atomic mass is 10.3. The number of rotatable bonds is 2. The standard InChI is InChI=1S/C13H10ClN3/c14-10-6-7-12-15-8-13(17(12)9-10)16-11-4-2-1-3-5-11/h1-9,16H. The van der Waals surface area contributed by atoms with Crippen LogP contribution in [0.15, 0.2) is 54.9 Å². The first-order valence-corrected chi connectivity index (χ1v) is 5.65. The molecule has 0 fully saturated rings. The summed E-state index contributed by atoms with van der Waals surface area (Å²) in [7, 11) is 0. The number of fused-ring (bicyclic) bond motifs is 1. The van der Waals surface area contributed by atoms with E-state index in [1.54, 1.807) is 6.20 Å². The number of hydrogen-bond acceptors (Lipinski definition) is 2. The largest absolute Gasteiger partial charge is 0.340 e. The van der Waals surface area contributed by atoms with Gasteiger partial charge in [-0.25, -0.2) is 4.98 Å². The second kappa shape index (κ2) is 4.11. The molecule has 0 bridgehead atoms. The maximum atomic E-state index is 5.97. The second-order valence-corrected chi connectivity index (χ2v) is 4.15. The van der Waals surface area contributed by atoms with Crippen LogP contribution in [-0.2, 0) is 0 Å². The number of halogens is 1. The van der Waals surface area contributed by atoms with Crippen LogP contribution in [0.4, 0.5) is 11.5 Å². The number of aromatic nitrogens is 2. The summed E-state index contributed by atoms with van der Waals surface area (Å²) < 4.78 is 1.93. The third-order valence-electron chi connectivity index (χ3n) is 2.52. The molecule has 0 atom stereocenters. The molecule has 2 aromatic heterocycles. The Labute approximate surface area is 104 Å². The summed E-state index contributed by atoms with van der Waals surface area (Å²) in [5, 5.41) is 3.98. The number of pyridine rings is 1. The molecule has 0 saturated heterocycles. The first-order valence-electron chi connectivity index (χ1n) is 5.27. The fraction of sp³-hybridized carbons (Fsp3) is 0. The Morgan fingerprint density at radius 2 is 1.88 bits per heavy atom. The molecule has 1 aromatic carbocycles. The lowest BCUT2D eigenvalue weighted by Gasteiger charge is -2.05. The number of nitrogens with one attached hydrogen (secondary N) is 1. The van der Waals surface area contributed by atoms with Crippen molar-refractivity contribution in [1.82, 2.24) is 9.38 Å². The molecule has 1 N–H and O–H groups in total. The Bertz CT molecular complexity index is 646. The number of nitrogens with zero attached hydrogens (tertiary/aromatic N) is 2. The summed E-state index contributed by atoms with van der Waals surface area (Å²) in [6, 6.07) is 13.7. The van der Waals surface area contributed by atoms with E-state index in [4.69, 9.17) is 11.6 Å². The maximum absolute atomic E-state index is 5.97. The lowest BCUT2D eigenvalue weighted by molar-refractivity contribution is 1.18. The van der Waals surface area contributed by atoms with E-state index in [9.17, 15) is 0 Å². The first-order chi connectivity index (χ1) is 8.33. The minimum atomic E-state index is 0.687. The van der Waals surface area contributed by atoms with E-state index in [0.29, 0.717) is 5.02 Å². The van der Waals surface area contributed by atoms with Gasteiger partial charge in [0.1, 0.15) is 11.5 Å². The average Bonchev–Trinajstić information content (AvgIpc) is 2.73. The van der Waals surface area contributed by atoms with Crippen LogP contribution in [0.2, 0.25) is 5.02 Å². The summed E-state index contributed by atoms with van der Waals surface area (Å²) in [5.74, 6) is 0.897. The molecule has 0 amide bonds. The number of anilines is 2. The molecule has 3 nitrogen and oxygen atoms in total. The lowest BCUT2D eigenvalue weighted by Crippen LogP contribution is -1.94. The molecular formula is C13H10ClN3. The minimum absolute atomic E-state index is 0.687. The summed E-state index contributed by atoms with van der Waals surface area (Å²) >= 11 is 5.97. The van der Waals surface area contributed by atoms with Crippen molar-refractivity contribution < 1.29 is 0 Å². The highest BCUT2D eigenvalue weighted by Gasteiger charge is 2.03. The normalized spacial score (nSPS) is 10.6. The Kier molecular flexibility index (Phi) is 2.46. The molecule has 0 radical (unpaired) electrons. The molecule has 4 heteroatoms. The molecule has 0 aliphatic heterocycles. The van der Waals surface area contributed by atoms with Gasteiger partial charge in [-0.15, -0.1) is 0 Å². The van der Waals surface area contributed by atoms with Crippen LogP contribution in [-0.4, -0.2) is 9.38 Å². The molecule has 84 valence electrons. The van der Waals surface area contributed by atoms with E-state index in [1.165, 1.54) is 0 Å². The Morgan fingerprint density at radius 1 is 1.06 bits per heavy atom. The van der Waals surface area contributed by atoms with E-state index < -0.39 is 0 Å². The predicted octanol–water partition coefficient (Wildman–Crippen LogP) is 3.73. The summed E-state index contributed by atoms with van der Waals surface area (Å²) in [4.78, 5) is 4.30. The van der Waals surface area contributed by atoms with Gasteiger partial charge in [-0.05, 0) is 24.3 Å². The number of benzene rings is 1. The van der Waals surface area contributed by atoms with Crippen molar-refractivity contribution >= 4 is 28.8 Å². The second-order valence-electron chi connectivity index (χ2n) is 3.71. The van der Waals surface area contributed by atoms with Crippen LogP contribution in [0.5, 0.6) is 0 Å². The van der Waals surface area contributed by atoms with Crippen molar-refractivity contribution in [2.75, 3.05) is 5.32 Å². The van der Waals surface area contributed by atoms with Crippen LogP contribution < -0.4 is 5.32 Å². The molecule has 3 aromatic rings. The monoisotopic (exact) mass is 243 g/mol. The molecule has 17 heavy (non-hydrogen) atoms. The highest BCUT2D eigenvalue weighted by atomic mass is 35.5. The van der Waals surface area contributed by atoms with Crippen molar-refractivity contribution in [3.05, 3.63) is 59.9 Å². The van der Waals surface area contributed by atoms with Crippen molar-refractivity contribution in [1.29, 1.82) is 0 Å². The quantitative estimate of drug-likeness (QED) is 0.743. The van der Waals surface area contributed by atoms with Gasteiger partial charge in [-0.2, -0.15) is 0 Å². The highest BCUT2D eigenvalue weighted by molar-refractivity contribution is 6.30. The molecule has 3 rings (SSSR count).